The van der Waals surface area contributed by atoms with Crippen LogP contribution in [-0.2, 0) is 0 Å². The summed E-state index contributed by atoms with van der Waals surface area (Å²) in [5.41, 5.74) is 1.74. The number of rotatable bonds is 3. The fourth-order valence-corrected chi connectivity index (χ4v) is 2.10. The molecule has 1 N–H and O–H groups in total. The molecule has 1 unspecified atom stereocenters. The van der Waals surface area contributed by atoms with Gasteiger partial charge in [0.05, 0.1) is 0 Å². The van der Waals surface area contributed by atoms with Gasteiger partial charge in [-0.05, 0) is 37.3 Å². The van der Waals surface area contributed by atoms with Gasteiger partial charge in [-0.25, -0.2) is 0 Å². The molecule has 0 radical (unpaired) electrons. The van der Waals surface area contributed by atoms with Crippen molar-refractivity contribution in [3.8, 4) is 0 Å². The highest BCUT2D eigenvalue weighted by Crippen LogP contribution is 2.34. The number of aryl methyl sites for hydroxylation is 1. The first-order valence-corrected chi connectivity index (χ1v) is 5.88. The summed E-state index contributed by atoms with van der Waals surface area (Å²) in [5, 5.41) is 10.7. The number of carbonyl (C=O) groups is 1. The average molecular weight is 230 g/mol. The molecule has 3 rings (SSSR count). The molecule has 3 nitrogen and oxygen atoms in total. The zero-order valence-electron chi connectivity index (χ0n) is 9.64. The van der Waals surface area contributed by atoms with Crippen molar-refractivity contribution >= 4 is 16.8 Å². The Morgan fingerprint density at radius 1 is 1.47 bits per heavy atom. The van der Waals surface area contributed by atoms with Gasteiger partial charge in [-0.1, -0.05) is 18.2 Å². The third-order valence-electron chi connectivity index (χ3n) is 3.32. The highest BCUT2D eigenvalue weighted by molar-refractivity contribution is 6.00. The molecule has 1 heterocycles. The topological polar surface area (TPSA) is 50.4 Å². The Morgan fingerprint density at radius 3 is 2.88 bits per heavy atom. The summed E-state index contributed by atoms with van der Waals surface area (Å²) in [6, 6.07) is 7.50. The average Bonchev–Trinajstić information content (AvgIpc) is 3.07. The Kier molecular flexibility index (Phi) is 2.30. The number of aliphatic hydroxyl groups is 1. The van der Waals surface area contributed by atoms with Crippen LogP contribution in [-0.4, -0.2) is 17.0 Å². The van der Waals surface area contributed by atoms with Crippen molar-refractivity contribution in [2.24, 2.45) is 5.92 Å². The molecule has 1 aliphatic carbocycles. The zero-order valence-corrected chi connectivity index (χ0v) is 9.64. The quantitative estimate of drug-likeness (QED) is 0.825. The van der Waals surface area contributed by atoms with Crippen LogP contribution in [0.5, 0.6) is 0 Å². The third kappa shape index (κ3) is 1.76. The largest absolute Gasteiger partial charge is 0.453 e. The van der Waals surface area contributed by atoms with E-state index in [1.807, 2.05) is 25.1 Å². The number of carbonyl (C=O) groups excluding carboxylic acids is 1. The van der Waals surface area contributed by atoms with Gasteiger partial charge >= 0.3 is 0 Å². The molecule has 0 saturated heterocycles. The fourth-order valence-electron chi connectivity index (χ4n) is 2.10. The van der Waals surface area contributed by atoms with Gasteiger partial charge in [-0.3, -0.25) is 4.79 Å². The molecule has 0 amide bonds. The van der Waals surface area contributed by atoms with Gasteiger partial charge in [-0.15, -0.1) is 0 Å². The molecule has 0 bridgehead atoms. The van der Waals surface area contributed by atoms with Crippen LogP contribution in [0.25, 0.3) is 11.0 Å². The number of para-hydroxylation sites is 1. The Bertz CT molecular complexity index is 578. The summed E-state index contributed by atoms with van der Waals surface area (Å²) in [7, 11) is 0. The fraction of sp³-hybridized carbons (Fsp3) is 0.357. The Morgan fingerprint density at radius 2 is 2.24 bits per heavy atom. The van der Waals surface area contributed by atoms with Crippen molar-refractivity contribution in [2.45, 2.75) is 25.9 Å². The minimum Gasteiger partial charge on any atom is -0.453 e. The monoisotopic (exact) mass is 230 g/mol. The number of benzene rings is 1. The molecule has 1 aliphatic rings. The van der Waals surface area contributed by atoms with Gasteiger partial charge in [0.25, 0.3) is 0 Å². The number of hydrogen-bond donors (Lipinski definition) is 1. The molecule has 1 aromatic heterocycles. The van der Waals surface area contributed by atoms with Crippen LogP contribution in [0.3, 0.4) is 0 Å². The lowest BCUT2D eigenvalue weighted by molar-refractivity contribution is 0.0676. The Labute approximate surface area is 99.0 Å². The van der Waals surface area contributed by atoms with Crippen LogP contribution >= 0.6 is 0 Å². The van der Waals surface area contributed by atoms with E-state index in [0.29, 0.717) is 0 Å². The molecule has 1 saturated carbocycles. The molecule has 1 aromatic carbocycles. The Balaban J connectivity index is 2.00. The van der Waals surface area contributed by atoms with Crippen molar-refractivity contribution in [3.05, 3.63) is 35.6 Å². The number of Topliss-reactive ketones (excluding diaryl/α,β-unsaturated/α-hetero) is 1. The SMILES string of the molecule is Cc1cccc2cc(C(=O)C(O)C3CC3)oc12. The molecule has 0 spiro atoms. The summed E-state index contributed by atoms with van der Waals surface area (Å²) in [6.45, 7) is 1.94. The second kappa shape index (κ2) is 3.70. The maximum atomic E-state index is 12.0. The number of hydrogen-bond acceptors (Lipinski definition) is 3. The lowest BCUT2D eigenvalue weighted by Gasteiger charge is -2.04. The van der Waals surface area contributed by atoms with Crippen LogP contribution in [0.15, 0.2) is 28.7 Å². The summed E-state index contributed by atoms with van der Waals surface area (Å²) < 4.78 is 5.55. The van der Waals surface area contributed by atoms with Crippen LogP contribution in [0.4, 0.5) is 0 Å². The van der Waals surface area contributed by atoms with E-state index in [0.717, 1.165) is 29.4 Å². The molecule has 3 heteroatoms. The van der Waals surface area contributed by atoms with Gasteiger partial charge < -0.3 is 9.52 Å². The number of ketones is 1. The first-order chi connectivity index (χ1) is 8.16. The van der Waals surface area contributed by atoms with Crippen LogP contribution in [0.1, 0.15) is 29.0 Å². The first kappa shape index (κ1) is 10.5. The highest BCUT2D eigenvalue weighted by atomic mass is 16.4. The molecular weight excluding hydrogens is 216 g/mol. The lowest BCUT2D eigenvalue weighted by Crippen LogP contribution is -2.21. The summed E-state index contributed by atoms with van der Waals surface area (Å²) in [5.74, 6) is 0.119. The maximum Gasteiger partial charge on any atom is 0.226 e. The number of fused-ring (bicyclic) bond motifs is 1. The summed E-state index contributed by atoms with van der Waals surface area (Å²) in [6.07, 6.45) is 0.981. The predicted octanol–water partition coefficient (Wildman–Crippen LogP) is 2.69. The van der Waals surface area contributed by atoms with E-state index in [1.165, 1.54) is 0 Å². The van der Waals surface area contributed by atoms with E-state index >= 15 is 0 Å². The highest BCUT2D eigenvalue weighted by Gasteiger charge is 2.36. The molecule has 1 fully saturated rings. The number of furan rings is 1. The van der Waals surface area contributed by atoms with E-state index in [-0.39, 0.29) is 17.5 Å². The molecule has 2 aromatic rings. The normalized spacial score (nSPS) is 17.3. The van der Waals surface area contributed by atoms with E-state index < -0.39 is 6.10 Å². The molecule has 17 heavy (non-hydrogen) atoms. The van der Waals surface area contributed by atoms with Crippen LogP contribution < -0.4 is 0 Å². The van der Waals surface area contributed by atoms with E-state index in [1.54, 1.807) is 6.07 Å². The summed E-state index contributed by atoms with van der Waals surface area (Å²) >= 11 is 0. The van der Waals surface area contributed by atoms with Gasteiger partial charge in [0.15, 0.2) is 5.76 Å². The van der Waals surface area contributed by atoms with Crippen molar-refractivity contribution in [1.82, 2.24) is 0 Å². The lowest BCUT2D eigenvalue weighted by atomic mass is 10.1. The molecule has 88 valence electrons. The van der Waals surface area contributed by atoms with Crippen molar-refractivity contribution in [1.29, 1.82) is 0 Å². The minimum absolute atomic E-state index is 0.136. The zero-order chi connectivity index (χ0) is 12.0. The molecule has 1 atom stereocenters. The van der Waals surface area contributed by atoms with Crippen LogP contribution in [0, 0.1) is 12.8 Å². The second-order valence-electron chi connectivity index (χ2n) is 4.75. The van der Waals surface area contributed by atoms with Crippen molar-refractivity contribution in [2.75, 3.05) is 0 Å². The van der Waals surface area contributed by atoms with Crippen LogP contribution in [0.2, 0.25) is 0 Å². The Hall–Kier alpha value is -1.61. The second-order valence-corrected chi connectivity index (χ2v) is 4.75. The van der Waals surface area contributed by atoms with Crippen molar-refractivity contribution < 1.29 is 14.3 Å². The van der Waals surface area contributed by atoms with E-state index in [4.69, 9.17) is 4.42 Å². The van der Waals surface area contributed by atoms with E-state index in [2.05, 4.69) is 0 Å². The van der Waals surface area contributed by atoms with Gasteiger partial charge in [-0.2, -0.15) is 0 Å². The van der Waals surface area contributed by atoms with Gasteiger partial charge in [0.1, 0.15) is 11.7 Å². The minimum atomic E-state index is -0.893. The van der Waals surface area contributed by atoms with E-state index in [9.17, 15) is 9.90 Å². The standard InChI is InChI=1S/C14H14O3/c1-8-3-2-4-10-7-11(17-14(8)10)13(16)12(15)9-5-6-9/h2-4,7,9,12,15H,5-6H2,1H3. The number of aliphatic hydroxyl groups excluding tert-OH is 1. The van der Waals surface area contributed by atoms with Crippen molar-refractivity contribution in [3.63, 3.8) is 0 Å². The summed E-state index contributed by atoms with van der Waals surface area (Å²) in [4.78, 5) is 12.0. The maximum absolute atomic E-state index is 12.0. The predicted molar refractivity (Wildman–Crippen MR) is 64.0 cm³/mol. The van der Waals surface area contributed by atoms with Gasteiger partial charge in [0, 0.05) is 5.39 Å². The molecular formula is C14H14O3. The smallest absolute Gasteiger partial charge is 0.226 e. The first-order valence-electron chi connectivity index (χ1n) is 5.88. The third-order valence-corrected chi connectivity index (χ3v) is 3.32. The molecule has 0 aliphatic heterocycles. The van der Waals surface area contributed by atoms with Gasteiger partial charge in [0.2, 0.25) is 5.78 Å².